The molecule has 0 saturated heterocycles. The summed E-state index contributed by atoms with van der Waals surface area (Å²) in [6.07, 6.45) is -0.0330. The highest BCUT2D eigenvalue weighted by atomic mass is 19.4. The molecule has 0 amide bonds. The summed E-state index contributed by atoms with van der Waals surface area (Å²) in [7, 11) is 0. The number of alkyl halides is 3. The Hall–Kier alpha value is -2.47. The molecular weight excluding hydrogens is 427 g/mol. The molecule has 176 valence electrons. The van der Waals surface area contributed by atoms with Crippen LogP contribution in [0, 0.1) is 5.41 Å². The lowest BCUT2D eigenvalue weighted by atomic mass is 9.70. The predicted molar refractivity (Wildman–Crippen MR) is 122 cm³/mol. The first-order valence-corrected chi connectivity index (χ1v) is 11.5. The minimum atomic E-state index is -4.47. The Morgan fingerprint density at radius 3 is 2.27 bits per heavy atom. The maximum atomic E-state index is 13.8. The zero-order valence-corrected chi connectivity index (χ0v) is 19.4. The van der Waals surface area contributed by atoms with Crippen LogP contribution in [0.25, 0.3) is 5.57 Å². The maximum absolute atomic E-state index is 13.8. The van der Waals surface area contributed by atoms with Gasteiger partial charge in [0.2, 0.25) is 0 Å². The van der Waals surface area contributed by atoms with Crippen LogP contribution in [-0.4, -0.2) is 15.9 Å². The first-order chi connectivity index (χ1) is 15.4. The topological polar surface area (TPSA) is 50.2 Å². The molecule has 1 N–H and O–H groups in total. The Labute approximate surface area is 192 Å². The van der Waals surface area contributed by atoms with E-state index >= 15 is 0 Å². The van der Waals surface area contributed by atoms with E-state index in [1.165, 1.54) is 12.1 Å². The number of aliphatic hydroxyl groups is 1. The van der Waals surface area contributed by atoms with E-state index in [9.17, 15) is 23.1 Å². The van der Waals surface area contributed by atoms with Crippen molar-refractivity contribution < 1.29 is 23.1 Å². The van der Waals surface area contributed by atoms with Crippen LogP contribution in [0.3, 0.4) is 0 Å². The van der Waals surface area contributed by atoms with Crippen LogP contribution in [0.4, 0.5) is 13.2 Å². The lowest BCUT2D eigenvalue weighted by Crippen LogP contribution is -2.30. The Morgan fingerprint density at radius 2 is 1.73 bits per heavy atom. The number of carbonyl (C=O) groups is 1. The number of rotatable bonds is 4. The molecule has 1 saturated carbocycles. The van der Waals surface area contributed by atoms with E-state index in [1.807, 2.05) is 0 Å². The molecule has 33 heavy (non-hydrogen) atoms. The summed E-state index contributed by atoms with van der Waals surface area (Å²) >= 11 is 0. The minimum Gasteiger partial charge on any atom is -0.388 e. The summed E-state index contributed by atoms with van der Waals surface area (Å²) in [5.41, 5.74) is 3.17. The number of aromatic nitrogens is 1. The van der Waals surface area contributed by atoms with E-state index in [-0.39, 0.29) is 22.7 Å². The molecule has 1 atom stereocenters. The Balaban J connectivity index is 1.94. The number of nitrogens with zero attached hydrogens (tertiary/aromatic N) is 1. The van der Waals surface area contributed by atoms with E-state index < -0.39 is 17.8 Å². The molecule has 2 aliphatic carbocycles. The average Bonchev–Trinajstić information content (AvgIpc) is 3.25. The van der Waals surface area contributed by atoms with E-state index in [0.717, 1.165) is 54.6 Å². The molecule has 1 fully saturated rings. The smallest absolute Gasteiger partial charge is 0.388 e. The summed E-state index contributed by atoms with van der Waals surface area (Å²) in [5, 5.41) is 11.2. The van der Waals surface area contributed by atoms with Crippen LogP contribution >= 0.6 is 0 Å². The van der Waals surface area contributed by atoms with Crippen molar-refractivity contribution in [3.8, 4) is 0 Å². The van der Waals surface area contributed by atoms with Crippen LogP contribution < -0.4 is 0 Å². The lowest BCUT2D eigenvalue weighted by Gasteiger charge is -2.37. The molecule has 1 heterocycles. The SMILES string of the molecule is C=C(C)c1nc2c(c(C3CCCC3)c1C(=O)c1ccc(C(F)(F)F)cc1)[C@@H](O)CC(C)(C)C2. The highest BCUT2D eigenvalue weighted by molar-refractivity contribution is 6.12. The molecule has 3 nitrogen and oxygen atoms in total. The van der Waals surface area contributed by atoms with Gasteiger partial charge in [0.1, 0.15) is 0 Å². The van der Waals surface area contributed by atoms with Crippen molar-refractivity contribution in [2.45, 2.75) is 77.5 Å². The number of pyridine rings is 1. The molecule has 0 radical (unpaired) electrons. The molecule has 4 rings (SSSR count). The molecule has 1 aromatic heterocycles. The summed E-state index contributed by atoms with van der Waals surface area (Å²) in [5.74, 6) is -0.250. The number of aliphatic hydroxyl groups excluding tert-OH is 1. The van der Waals surface area contributed by atoms with Gasteiger partial charge in [-0.2, -0.15) is 13.2 Å². The average molecular weight is 458 g/mol. The van der Waals surface area contributed by atoms with Gasteiger partial charge in [-0.1, -0.05) is 45.4 Å². The number of benzene rings is 1. The molecule has 6 heteroatoms. The van der Waals surface area contributed by atoms with Crippen molar-refractivity contribution in [2.24, 2.45) is 5.41 Å². The zero-order valence-electron chi connectivity index (χ0n) is 19.4. The lowest BCUT2D eigenvalue weighted by molar-refractivity contribution is -0.137. The first-order valence-electron chi connectivity index (χ1n) is 11.5. The molecule has 0 aliphatic heterocycles. The second kappa shape index (κ2) is 8.39. The number of fused-ring (bicyclic) bond motifs is 1. The fraction of sp³-hybridized carbons (Fsp3) is 0.481. The third-order valence-corrected chi connectivity index (χ3v) is 6.95. The summed E-state index contributed by atoms with van der Waals surface area (Å²) in [6.45, 7) is 10.0. The minimum absolute atomic E-state index is 0.115. The van der Waals surface area contributed by atoms with Crippen molar-refractivity contribution in [1.29, 1.82) is 0 Å². The van der Waals surface area contributed by atoms with Crippen LogP contribution in [-0.2, 0) is 12.6 Å². The first kappa shape index (κ1) is 23.7. The summed E-state index contributed by atoms with van der Waals surface area (Å²) < 4.78 is 39.1. The van der Waals surface area contributed by atoms with Crippen molar-refractivity contribution in [1.82, 2.24) is 4.98 Å². The van der Waals surface area contributed by atoms with Gasteiger partial charge in [0.25, 0.3) is 0 Å². The third kappa shape index (κ3) is 4.50. The van der Waals surface area contributed by atoms with Gasteiger partial charge in [-0.15, -0.1) is 0 Å². The second-order valence-corrected chi connectivity index (χ2v) is 10.3. The van der Waals surface area contributed by atoms with Crippen molar-refractivity contribution >= 4 is 11.4 Å². The highest BCUT2D eigenvalue weighted by Gasteiger charge is 2.39. The van der Waals surface area contributed by atoms with Gasteiger partial charge >= 0.3 is 6.18 Å². The van der Waals surface area contributed by atoms with Crippen LogP contribution in [0.2, 0.25) is 0 Å². The Bertz CT molecular complexity index is 1090. The third-order valence-electron chi connectivity index (χ3n) is 6.95. The number of hydrogen-bond donors (Lipinski definition) is 1. The van der Waals surface area contributed by atoms with E-state index in [2.05, 4.69) is 20.4 Å². The monoisotopic (exact) mass is 457 g/mol. The van der Waals surface area contributed by atoms with E-state index in [0.29, 0.717) is 29.7 Å². The molecular formula is C27H30F3NO2. The number of hydrogen-bond acceptors (Lipinski definition) is 3. The molecule has 2 aliphatic rings. The van der Waals surface area contributed by atoms with Crippen LogP contribution in [0.15, 0.2) is 30.8 Å². The fourth-order valence-corrected chi connectivity index (χ4v) is 5.46. The highest BCUT2D eigenvalue weighted by Crippen LogP contribution is 2.48. The quantitative estimate of drug-likeness (QED) is 0.502. The largest absolute Gasteiger partial charge is 0.416 e. The van der Waals surface area contributed by atoms with Crippen molar-refractivity contribution in [2.75, 3.05) is 0 Å². The van der Waals surface area contributed by atoms with Gasteiger partial charge in [-0.3, -0.25) is 9.78 Å². The number of allylic oxidation sites excluding steroid dienone is 1. The number of carbonyl (C=O) groups excluding carboxylic acids is 1. The summed E-state index contributed by atoms with van der Waals surface area (Å²) in [6, 6.07) is 4.33. The molecule has 0 unspecified atom stereocenters. The van der Waals surface area contributed by atoms with Gasteiger partial charge in [-0.25, -0.2) is 0 Å². The van der Waals surface area contributed by atoms with Crippen molar-refractivity contribution in [3.05, 3.63) is 70.0 Å². The molecule has 2 aromatic rings. The van der Waals surface area contributed by atoms with Gasteiger partial charge in [0.15, 0.2) is 5.78 Å². The standard InChI is InChI=1S/C27H30F3NO2/c1-15(2)24-23(25(33)17-9-11-18(12-10-17)27(28,29)30)21(16-7-5-6-8-16)22-19(31-24)13-26(3,4)14-20(22)32/h9-12,16,20,32H,1,5-8,13-14H2,2-4H3/t20-/m0/s1. The second-order valence-electron chi connectivity index (χ2n) is 10.3. The van der Waals surface area contributed by atoms with Crippen molar-refractivity contribution in [3.63, 3.8) is 0 Å². The summed E-state index contributed by atoms with van der Waals surface area (Å²) in [4.78, 5) is 18.6. The molecule has 0 spiro atoms. The van der Waals surface area contributed by atoms with Gasteiger partial charge in [0, 0.05) is 16.8 Å². The zero-order chi connectivity index (χ0) is 24.1. The van der Waals surface area contributed by atoms with Gasteiger partial charge in [-0.05, 0) is 67.2 Å². The maximum Gasteiger partial charge on any atom is 0.416 e. The van der Waals surface area contributed by atoms with Gasteiger partial charge in [0.05, 0.1) is 22.9 Å². The number of halogens is 3. The number of ketones is 1. The Morgan fingerprint density at radius 1 is 1.12 bits per heavy atom. The van der Waals surface area contributed by atoms with Crippen LogP contribution in [0.1, 0.15) is 109 Å². The molecule has 1 aromatic carbocycles. The predicted octanol–water partition coefficient (Wildman–Crippen LogP) is 7.03. The van der Waals surface area contributed by atoms with Gasteiger partial charge < -0.3 is 5.11 Å². The molecule has 0 bridgehead atoms. The van der Waals surface area contributed by atoms with Crippen LogP contribution in [0.5, 0.6) is 0 Å². The Kier molecular flexibility index (Phi) is 6.02. The fourth-order valence-electron chi connectivity index (χ4n) is 5.46. The van der Waals surface area contributed by atoms with E-state index in [1.54, 1.807) is 6.92 Å². The van der Waals surface area contributed by atoms with E-state index in [4.69, 9.17) is 4.98 Å². The normalized spacial score (nSPS) is 20.5.